The Morgan fingerprint density at radius 3 is 2.24 bits per heavy atom. The van der Waals surface area contributed by atoms with Crippen LogP contribution in [0.2, 0.25) is 5.02 Å². The summed E-state index contributed by atoms with van der Waals surface area (Å²) in [6.07, 6.45) is 6.88. The molecule has 0 N–H and O–H groups in total. The lowest BCUT2D eigenvalue weighted by atomic mass is 9.94. The van der Waals surface area contributed by atoms with Crippen LogP contribution in [0.4, 0.5) is 13.6 Å². The molecular formula is C26H36ClF2N3O4S. The molecule has 2 saturated heterocycles. The fourth-order valence-corrected chi connectivity index (χ4v) is 8.37. The minimum absolute atomic E-state index is 0.00271. The molecule has 2 aliphatic carbocycles. The number of rotatable bonds is 6. The van der Waals surface area contributed by atoms with Gasteiger partial charge >= 0.3 is 6.09 Å². The van der Waals surface area contributed by atoms with Crippen molar-refractivity contribution in [1.82, 2.24) is 14.1 Å². The molecule has 1 unspecified atom stereocenters. The molecule has 0 bridgehead atoms. The van der Waals surface area contributed by atoms with Gasteiger partial charge in [-0.25, -0.2) is 22.0 Å². The van der Waals surface area contributed by atoms with Crippen LogP contribution in [0.1, 0.15) is 57.8 Å². The summed E-state index contributed by atoms with van der Waals surface area (Å²) >= 11 is 5.94. The maximum Gasteiger partial charge on any atom is 0.409 e. The van der Waals surface area contributed by atoms with Crippen molar-refractivity contribution >= 4 is 27.7 Å². The zero-order chi connectivity index (χ0) is 26.2. The zero-order valence-electron chi connectivity index (χ0n) is 21.0. The molecule has 2 aliphatic heterocycles. The van der Waals surface area contributed by atoms with E-state index in [1.54, 1.807) is 4.90 Å². The molecule has 0 spiro atoms. The van der Waals surface area contributed by atoms with E-state index >= 15 is 0 Å². The van der Waals surface area contributed by atoms with Crippen LogP contribution in [0.15, 0.2) is 29.2 Å². The first-order valence-electron chi connectivity index (χ1n) is 13.5. The Labute approximate surface area is 223 Å². The van der Waals surface area contributed by atoms with E-state index in [4.69, 9.17) is 16.3 Å². The molecule has 3 atom stereocenters. The topological polar surface area (TPSA) is 70.2 Å². The van der Waals surface area contributed by atoms with Crippen molar-refractivity contribution in [2.75, 3.05) is 32.8 Å². The number of hydrogen-bond acceptors (Lipinski definition) is 5. The molecule has 2 heterocycles. The van der Waals surface area contributed by atoms with Gasteiger partial charge in [-0.3, -0.25) is 4.90 Å². The first kappa shape index (κ1) is 27.1. The first-order chi connectivity index (χ1) is 17.7. The minimum Gasteiger partial charge on any atom is -0.448 e. The summed E-state index contributed by atoms with van der Waals surface area (Å²) in [5, 5.41) is 0.386. The zero-order valence-corrected chi connectivity index (χ0v) is 22.6. The Morgan fingerprint density at radius 2 is 1.62 bits per heavy atom. The Balaban J connectivity index is 1.25. The van der Waals surface area contributed by atoms with Crippen LogP contribution in [-0.2, 0) is 14.8 Å². The quantitative estimate of drug-likeness (QED) is 0.491. The Morgan fingerprint density at radius 1 is 0.973 bits per heavy atom. The number of nitrogens with zero attached hydrogens (tertiary/aromatic N) is 3. The van der Waals surface area contributed by atoms with Gasteiger partial charge in [-0.2, -0.15) is 4.31 Å². The Hall–Kier alpha value is -1.49. The van der Waals surface area contributed by atoms with Crippen molar-refractivity contribution in [3.8, 4) is 0 Å². The fourth-order valence-electron chi connectivity index (χ4n) is 6.35. The van der Waals surface area contributed by atoms with Crippen LogP contribution < -0.4 is 0 Å². The van der Waals surface area contributed by atoms with Crippen molar-refractivity contribution in [3.63, 3.8) is 0 Å². The van der Waals surface area contributed by atoms with E-state index in [2.05, 4.69) is 4.90 Å². The van der Waals surface area contributed by atoms with Crippen molar-refractivity contribution in [2.45, 2.75) is 86.7 Å². The summed E-state index contributed by atoms with van der Waals surface area (Å²) in [4.78, 5) is 17.0. The molecule has 1 amide bonds. The van der Waals surface area contributed by atoms with E-state index in [9.17, 15) is 22.0 Å². The summed E-state index contributed by atoms with van der Waals surface area (Å²) in [5.41, 5.74) is 0. The summed E-state index contributed by atoms with van der Waals surface area (Å²) in [5.74, 6) is -3.88. The number of benzene rings is 1. The van der Waals surface area contributed by atoms with Gasteiger partial charge < -0.3 is 9.64 Å². The molecule has 0 radical (unpaired) electrons. The third-order valence-electron chi connectivity index (χ3n) is 8.51. The van der Waals surface area contributed by atoms with Gasteiger partial charge in [-0.1, -0.05) is 37.3 Å². The highest BCUT2D eigenvalue weighted by atomic mass is 35.5. The second kappa shape index (κ2) is 10.9. The number of alkyl halides is 2. The lowest BCUT2D eigenvalue weighted by Crippen LogP contribution is -2.55. The monoisotopic (exact) mass is 559 g/mol. The Kier molecular flexibility index (Phi) is 8.01. The number of carbonyl (C=O) groups is 1. The predicted octanol–water partition coefficient (Wildman–Crippen LogP) is 4.99. The SMILES string of the molecule is O=C(OC[C@@H]1CCC[C@H](C2CC2(F)F)N1S(=O)(=O)c1ccc(Cl)cc1)N1CCN(C2CCCCC2)CC1. The second-order valence-electron chi connectivity index (χ2n) is 10.9. The molecule has 5 rings (SSSR count). The molecule has 37 heavy (non-hydrogen) atoms. The number of piperidine rings is 1. The van der Waals surface area contributed by atoms with Gasteiger partial charge in [-0.15, -0.1) is 0 Å². The summed E-state index contributed by atoms with van der Waals surface area (Å²) in [7, 11) is -4.10. The number of hydrogen-bond donors (Lipinski definition) is 0. The van der Waals surface area contributed by atoms with Gasteiger partial charge in [0.1, 0.15) is 6.61 Å². The van der Waals surface area contributed by atoms with Crippen LogP contribution in [-0.4, -0.2) is 85.5 Å². The molecule has 206 valence electrons. The fraction of sp³-hybridized carbons (Fsp3) is 0.731. The molecule has 1 aromatic rings. The van der Waals surface area contributed by atoms with E-state index in [1.807, 2.05) is 0 Å². The van der Waals surface area contributed by atoms with Crippen LogP contribution >= 0.6 is 11.6 Å². The number of piperazine rings is 1. The highest BCUT2D eigenvalue weighted by molar-refractivity contribution is 7.89. The van der Waals surface area contributed by atoms with Crippen LogP contribution in [0.25, 0.3) is 0 Å². The molecule has 0 aromatic heterocycles. The van der Waals surface area contributed by atoms with E-state index < -0.39 is 40.0 Å². The average molecular weight is 560 g/mol. The molecule has 4 fully saturated rings. The summed E-state index contributed by atoms with van der Waals surface area (Å²) < 4.78 is 62.4. The van der Waals surface area contributed by atoms with Gasteiger partial charge in [0.05, 0.1) is 10.9 Å². The third-order valence-corrected chi connectivity index (χ3v) is 10.8. The highest BCUT2D eigenvalue weighted by Crippen LogP contribution is 2.54. The minimum atomic E-state index is -4.10. The second-order valence-corrected chi connectivity index (χ2v) is 13.2. The summed E-state index contributed by atoms with van der Waals surface area (Å²) in [6.45, 7) is 2.61. The van der Waals surface area contributed by atoms with E-state index in [0.29, 0.717) is 43.4 Å². The van der Waals surface area contributed by atoms with E-state index in [-0.39, 0.29) is 17.9 Å². The molecular weight excluding hydrogens is 524 g/mol. The van der Waals surface area contributed by atoms with Crippen molar-refractivity contribution < 1.29 is 26.7 Å². The van der Waals surface area contributed by atoms with Gasteiger partial charge in [0.25, 0.3) is 5.92 Å². The molecule has 7 nitrogen and oxygen atoms in total. The van der Waals surface area contributed by atoms with Crippen LogP contribution in [0, 0.1) is 5.92 Å². The van der Waals surface area contributed by atoms with E-state index in [0.717, 1.165) is 13.1 Å². The first-order valence-corrected chi connectivity index (χ1v) is 15.3. The molecule has 1 aromatic carbocycles. The van der Waals surface area contributed by atoms with Crippen molar-refractivity contribution in [1.29, 1.82) is 0 Å². The molecule has 2 saturated carbocycles. The third kappa shape index (κ3) is 5.92. The number of ether oxygens (including phenoxy) is 1. The number of halogens is 3. The smallest absolute Gasteiger partial charge is 0.409 e. The van der Waals surface area contributed by atoms with Crippen molar-refractivity contribution in [3.05, 3.63) is 29.3 Å². The maximum absolute atomic E-state index is 14.1. The predicted molar refractivity (Wildman–Crippen MR) is 136 cm³/mol. The average Bonchev–Trinajstić information content (AvgIpc) is 3.55. The highest BCUT2D eigenvalue weighted by Gasteiger charge is 2.63. The van der Waals surface area contributed by atoms with E-state index in [1.165, 1.54) is 60.7 Å². The standard InChI is InChI=1S/C26H36ClF2N3O4S/c27-19-9-11-22(12-10-19)37(34,35)32-21(7-4-8-24(32)23-17-26(23,28)29)18-36-25(33)31-15-13-30(14-16-31)20-5-2-1-3-6-20/h9-12,20-21,23-24H,1-8,13-18H2/t21-,23?,24+/m0/s1. The van der Waals surface area contributed by atoms with Gasteiger partial charge in [0, 0.05) is 55.6 Å². The maximum atomic E-state index is 14.1. The molecule has 11 heteroatoms. The van der Waals surface area contributed by atoms with Crippen LogP contribution in [0.3, 0.4) is 0 Å². The number of carbonyl (C=O) groups excluding carboxylic acids is 1. The number of amides is 1. The lowest BCUT2D eigenvalue weighted by Gasteiger charge is -2.42. The van der Waals surface area contributed by atoms with Gasteiger partial charge in [0.2, 0.25) is 10.0 Å². The lowest BCUT2D eigenvalue weighted by molar-refractivity contribution is 0.0261. The summed E-state index contributed by atoms with van der Waals surface area (Å²) in [6, 6.07) is 4.81. The number of sulfonamides is 1. The van der Waals surface area contributed by atoms with Crippen molar-refractivity contribution in [2.24, 2.45) is 5.92 Å². The largest absolute Gasteiger partial charge is 0.448 e. The molecule has 4 aliphatic rings. The normalized spacial score (nSPS) is 29.7. The Bertz CT molecular complexity index is 1060. The van der Waals surface area contributed by atoms with Gasteiger partial charge in [-0.05, 0) is 49.9 Å². The van der Waals surface area contributed by atoms with Crippen LogP contribution in [0.5, 0.6) is 0 Å². The van der Waals surface area contributed by atoms with Gasteiger partial charge in [0.15, 0.2) is 0 Å².